The summed E-state index contributed by atoms with van der Waals surface area (Å²) in [5, 5.41) is 29.7. The standard InChI is InChI=1S/C6H7.3C5H10O2.Zr/c1-6-4-2-3-5-6;3*1-5(2,3)4(6)7;/h2,4H,3H2,1H3;3*1-3H3,(H,6,7);/q;;;;+3/p-3. The Kier molecular flexibility index (Phi) is 14.7. The van der Waals surface area contributed by atoms with Crippen molar-refractivity contribution in [2.45, 2.75) is 75.7 Å². The summed E-state index contributed by atoms with van der Waals surface area (Å²) >= 11 is 1.58. The van der Waals surface area contributed by atoms with Crippen LogP contribution in [0.4, 0.5) is 0 Å². The molecule has 0 saturated carbocycles. The number of rotatable bonds is 0. The van der Waals surface area contributed by atoms with Gasteiger partial charge in [0.1, 0.15) is 0 Å². The van der Waals surface area contributed by atoms with Crippen LogP contribution < -0.4 is 15.3 Å². The van der Waals surface area contributed by atoms with E-state index in [1.165, 1.54) is 12.0 Å². The molecule has 28 heavy (non-hydrogen) atoms. The van der Waals surface area contributed by atoms with Crippen molar-refractivity contribution in [2.75, 3.05) is 0 Å². The van der Waals surface area contributed by atoms with Crippen LogP contribution in [-0.2, 0) is 39.1 Å². The molecule has 6 nitrogen and oxygen atoms in total. The number of carboxylic acids is 3. The Bertz CT molecular complexity index is 524. The quantitative estimate of drug-likeness (QED) is 0.520. The van der Waals surface area contributed by atoms with Crippen LogP contribution in [0.2, 0.25) is 0 Å². The molecule has 0 spiro atoms. The van der Waals surface area contributed by atoms with Crippen LogP contribution in [0.25, 0.3) is 0 Å². The van der Waals surface area contributed by atoms with E-state index in [9.17, 15) is 29.7 Å². The van der Waals surface area contributed by atoms with Gasteiger partial charge in [-0.1, -0.05) is 62.3 Å². The molecule has 0 bridgehead atoms. The van der Waals surface area contributed by atoms with Gasteiger partial charge in [-0.25, -0.2) is 0 Å². The van der Waals surface area contributed by atoms with Crippen molar-refractivity contribution in [3.8, 4) is 0 Å². The zero-order chi connectivity index (χ0) is 23.5. The molecule has 0 aromatic heterocycles. The number of aliphatic carboxylic acids is 3. The van der Waals surface area contributed by atoms with E-state index in [4.69, 9.17) is 0 Å². The summed E-state index contributed by atoms with van der Waals surface area (Å²) in [6.07, 6.45) is 5.63. The zero-order valence-corrected chi connectivity index (χ0v) is 21.3. The number of allylic oxidation sites excluding steroid dienone is 4. The molecule has 1 aliphatic rings. The average molecular weight is 474 g/mol. The van der Waals surface area contributed by atoms with E-state index >= 15 is 0 Å². The monoisotopic (exact) mass is 472 g/mol. The second-order valence-electron chi connectivity index (χ2n) is 9.38. The molecule has 0 radical (unpaired) electrons. The number of hydrogen-bond acceptors (Lipinski definition) is 6. The van der Waals surface area contributed by atoms with Gasteiger partial charge in [0, 0.05) is 34.2 Å². The van der Waals surface area contributed by atoms with E-state index < -0.39 is 34.2 Å². The molecule has 158 valence electrons. The van der Waals surface area contributed by atoms with Crippen molar-refractivity contribution in [3.05, 3.63) is 21.0 Å². The topological polar surface area (TPSA) is 120 Å². The van der Waals surface area contributed by atoms with Crippen molar-refractivity contribution in [2.24, 2.45) is 16.2 Å². The van der Waals surface area contributed by atoms with E-state index in [1.807, 2.05) is 0 Å². The first-order chi connectivity index (χ1) is 12.1. The molecule has 0 fully saturated rings. The van der Waals surface area contributed by atoms with Crippen LogP contribution in [0.3, 0.4) is 0 Å². The molecule has 1 rings (SSSR count). The molecule has 0 amide bonds. The first-order valence-corrected chi connectivity index (χ1v) is 10.1. The van der Waals surface area contributed by atoms with Crippen molar-refractivity contribution in [1.29, 1.82) is 0 Å². The summed E-state index contributed by atoms with van der Waals surface area (Å²) in [6, 6.07) is 0. The average Bonchev–Trinajstić information content (AvgIpc) is 2.81. The molecule has 0 aliphatic heterocycles. The third-order valence-electron chi connectivity index (χ3n) is 3.00. The molecular formula is C21H34O6Zr. The molecule has 1 aliphatic carbocycles. The molecule has 0 unspecified atom stereocenters. The van der Waals surface area contributed by atoms with Gasteiger partial charge in [0.05, 0.1) is 0 Å². The van der Waals surface area contributed by atoms with Crippen molar-refractivity contribution >= 4 is 17.9 Å². The molecular weight excluding hydrogens is 439 g/mol. The maximum atomic E-state index is 9.91. The maximum absolute atomic E-state index is 9.91. The minimum absolute atomic E-state index is 0.694. The Morgan fingerprint density at radius 2 is 0.964 bits per heavy atom. The van der Waals surface area contributed by atoms with Crippen molar-refractivity contribution in [1.82, 2.24) is 0 Å². The van der Waals surface area contributed by atoms with E-state index in [0.717, 1.165) is 0 Å². The Morgan fingerprint density at radius 1 is 0.750 bits per heavy atom. The van der Waals surface area contributed by atoms with Gasteiger partial charge >= 0.3 is 59.1 Å². The fraction of sp³-hybridized carbons (Fsp3) is 0.667. The number of carbonyl (C=O) groups excluding carboxylic acids is 3. The molecule has 0 heterocycles. The fourth-order valence-electron chi connectivity index (χ4n) is 0.615. The summed E-state index contributed by atoms with van der Waals surface area (Å²) < 4.78 is 1.60. The van der Waals surface area contributed by atoms with Crippen LogP contribution in [-0.4, -0.2) is 17.9 Å². The second-order valence-corrected chi connectivity index (χ2v) is 10.9. The minimum atomic E-state index is -1.01. The van der Waals surface area contributed by atoms with Crippen LogP contribution in [0.5, 0.6) is 0 Å². The van der Waals surface area contributed by atoms with Gasteiger partial charge in [0.2, 0.25) is 0 Å². The van der Waals surface area contributed by atoms with Crippen molar-refractivity contribution in [3.63, 3.8) is 0 Å². The predicted octanol–water partition coefficient (Wildman–Crippen LogP) is 1.11. The van der Waals surface area contributed by atoms with Gasteiger partial charge in [-0.15, -0.1) is 0 Å². The van der Waals surface area contributed by atoms with E-state index in [-0.39, 0.29) is 0 Å². The second kappa shape index (κ2) is 13.1. The van der Waals surface area contributed by atoms with E-state index in [2.05, 4.69) is 19.1 Å². The van der Waals surface area contributed by atoms with Gasteiger partial charge in [0.15, 0.2) is 0 Å². The Labute approximate surface area is 185 Å². The van der Waals surface area contributed by atoms with Crippen LogP contribution in [0, 0.1) is 16.2 Å². The third kappa shape index (κ3) is 19.5. The van der Waals surface area contributed by atoms with Gasteiger partial charge in [-0.3, -0.25) is 0 Å². The molecule has 0 saturated heterocycles. The van der Waals surface area contributed by atoms with Gasteiger partial charge < -0.3 is 29.7 Å². The van der Waals surface area contributed by atoms with Crippen LogP contribution in [0.1, 0.15) is 75.7 Å². The number of carbonyl (C=O) groups is 3. The summed E-state index contributed by atoms with van der Waals surface area (Å²) in [6.45, 7) is 16.6. The normalized spacial score (nSPS) is 13.3. The van der Waals surface area contributed by atoms with Crippen LogP contribution >= 0.6 is 0 Å². The van der Waals surface area contributed by atoms with Gasteiger partial charge in [-0.2, -0.15) is 0 Å². The third-order valence-corrected chi connectivity index (χ3v) is 4.47. The molecule has 7 heteroatoms. The summed E-state index contributed by atoms with van der Waals surface area (Å²) in [4.78, 5) is 29.7. The first kappa shape index (κ1) is 31.5. The number of carboxylic acid groups (broad SMARTS) is 3. The van der Waals surface area contributed by atoms with Gasteiger partial charge in [-0.05, 0) is 0 Å². The summed E-state index contributed by atoms with van der Waals surface area (Å²) in [5.74, 6) is -3.02. The Hall–Kier alpha value is -1.23. The first-order valence-electron chi connectivity index (χ1n) is 8.86. The van der Waals surface area contributed by atoms with Gasteiger partial charge in [0.25, 0.3) is 0 Å². The Morgan fingerprint density at radius 3 is 1.00 bits per heavy atom. The molecule has 0 aromatic rings. The molecule has 0 atom stereocenters. The zero-order valence-electron chi connectivity index (χ0n) is 18.8. The van der Waals surface area contributed by atoms with Crippen molar-refractivity contribution < 1.29 is 54.4 Å². The summed E-state index contributed by atoms with van der Waals surface area (Å²) in [5.41, 5.74) is -0.599. The fourth-order valence-corrected chi connectivity index (χ4v) is 1.11. The van der Waals surface area contributed by atoms with E-state index in [1.54, 1.807) is 90.3 Å². The molecule has 0 aromatic carbocycles. The Balaban J connectivity index is -0.000000298. The number of hydrogen-bond donors (Lipinski definition) is 0. The van der Waals surface area contributed by atoms with Crippen LogP contribution in [0.15, 0.2) is 21.0 Å². The summed E-state index contributed by atoms with van der Waals surface area (Å²) in [7, 11) is 0. The molecule has 0 N–H and O–H groups in total. The predicted molar refractivity (Wildman–Crippen MR) is 99.8 cm³/mol. The SMILES string of the molecule is CC(C)(C)C(=O)[O-].CC(C)(C)C(=O)[O-].CC(C)(C)C(=O)[O-].CC1=[C]([Zr+3])CC=C1. The van der Waals surface area contributed by atoms with E-state index in [0.29, 0.717) is 0 Å².